The predicted octanol–water partition coefficient (Wildman–Crippen LogP) is 4.92. The Balaban J connectivity index is 1.76. The summed E-state index contributed by atoms with van der Waals surface area (Å²) >= 11 is 17.7. The predicted molar refractivity (Wildman–Crippen MR) is 95.6 cm³/mol. The van der Waals surface area contributed by atoms with Crippen LogP contribution in [0.2, 0.25) is 10.0 Å². The Labute approximate surface area is 145 Å². The van der Waals surface area contributed by atoms with Gasteiger partial charge in [0.15, 0.2) is 5.11 Å². The van der Waals surface area contributed by atoms with Crippen LogP contribution in [0.4, 0.5) is 5.69 Å². The summed E-state index contributed by atoms with van der Waals surface area (Å²) in [6, 6.07) is 9.65. The molecule has 3 rings (SSSR count). The Morgan fingerprint density at radius 3 is 2.91 bits per heavy atom. The third kappa shape index (κ3) is 3.35. The fourth-order valence-electron chi connectivity index (χ4n) is 2.71. The van der Waals surface area contributed by atoms with E-state index >= 15 is 0 Å². The van der Waals surface area contributed by atoms with E-state index in [0.717, 1.165) is 25.1 Å². The van der Waals surface area contributed by atoms with Crippen LogP contribution < -0.4 is 5.32 Å². The average Bonchev–Trinajstić information content (AvgIpc) is 3.00. The summed E-state index contributed by atoms with van der Waals surface area (Å²) in [5.74, 6) is 0. The lowest BCUT2D eigenvalue weighted by Crippen LogP contribution is -2.34. The monoisotopic (exact) mass is 351 g/mol. The molecule has 1 fully saturated rings. The Bertz CT molecular complexity index is 678. The standard InChI is InChI=1S/C16H15Cl2N3S/c17-12-5-6-14(13(18)9-12)20-16(22)21-8-2-4-15(21)11-3-1-7-19-10-11/h1,3,5-7,9-10,15H,2,4,8H2,(H,20,22)/t15-/m1/s1. The summed E-state index contributed by atoms with van der Waals surface area (Å²) in [5.41, 5.74) is 1.96. The summed E-state index contributed by atoms with van der Waals surface area (Å²) < 4.78 is 0. The van der Waals surface area contributed by atoms with Crippen LogP contribution in [0.25, 0.3) is 0 Å². The van der Waals surface area contributed by atoms with Crippen LogP contribution in [-0.2, 0) is 0 Å². The van der Waals surface area contributed by atoms with Crippen molar-refractivity contribution in [3.63, 3.8) is 0 Å². The summed E-state index contributed by atoms with van der Waals surface area (Å²) in [5, 5.41) is 5.07. The van der Waals surface area contributed by atoms with Crippen molar-refractivity contribution in [3.05, 3.63) is 58.3 Å². The number of benzene rings is 1. The van der Waals surface area contributed by atoms with Gasteiger partial charge in [-0.25, -0.2) is 0 Å². The summed E-state index contributed by atoms with van der Waals surface area (Å²) in [4.78, 5) is 6.40. The van der Waals surface area contributed by atoms with Crippen LogP contribution in [0.3, 0.4) is 0 Å². The molecule has 2 aromatic rings. The third-order valence-electron chi connectivity index (χ3n) is 3.76. The number of nitrogens with zero attached hydrogens (tertiary/aromatic N) is 2. The molecule has 1 aliphatic rings. The number of pyridine rings is 1. The quantitative estimate of drug-likeness (QED) is 0.777. The molecule has 6 heteroatoms. The largest absolute Gasteiger partial charge is 0.342 e. The van der Waals surface area contributed by atoms with Crippen LogP contribution in [0, 0.1) is 0 Å². The Kier molecular flexibility index (Phi) is 4.81. The molecule has 3 nitrogen and oxygen atoms in total. The van der Waals surface area contributed by atoms with Gasteiger partial charge in [-0.2, -0.15) is 0 Å². The van der Waals surface area contributed by atoms with E-state index in [1.54, 1.807) is 18.3 Å². The highest BCUT2D eigenvalue weighted by Crippen LogP contribution is 2.33. The van der Waals surface area contributed by atoms with Gasteiger partial charge in [-0.3, -0.25) is 4.98 Å². The first kappa shape index (κ1) is 15.5. The lowest BCUT2D eigenvalue weighted by atomic mass is 10.1. The minimum atomic E-state index is 0.264. The maximum absolute atomic E-state index is 6.20. The molecule has 1 aromatic carbocycles. The first-order chi connectivity index (χ1) is 10.6. The molecule has 0 aliphatic carbocycles. The van der Waals surface area contributed by atoms with E-state index in [1.165, 1.54) is 5.56 Å². The molecular formula is C16H15Cl2N3S. The highest BCUT2D eigenvalue weighted by molar-refractivity contribution is 7.80. The second-order valence-corrected chi connectivity index (χ2v) is 6.42. The molecular weight excluding hydrogens is 337 g/mol. The van der Waals surface area contributed by atoms with Crippen LogP contribution in [0.5, 0.6) is 0 Å². The highest BCUT2D eigenvalue weighted by Gasteiger charge is 2.28. The fraction of sp³-hybridized carbons (Fsp3) is 0.250. The number of hydrogen-bond donors (Lipinski definition) is 1. The molecule has 1 saturated heterocycles. The average molecular weight is 352 g/mol. The zero-order valence-corrected chi connectivity index (χ0v) is 14.1. The van der Waals surface area contributed by atoms with Crippen molar-refractivity contribution in [2.45, 2.75) is 18.9 Å². The number of nitrogens with one attached hydrogen (secondary N) is 1. The highest BCUT2D eigenvalue weighted by atomic mass is 35.5. The Morgan fingerprint density at radius 2 is 2.18 bits per heavy atom. The number of anilines is 1. The topological polar surface area (TPSA) is 28.2 Å². The van der Waals surface area contributed by atoms with Crippen molar-refractivity contribution < 1.29 is 0 Å². The van der Waals surface area contributed by atoms with Gasteiger partial charge in [-0.1, -0.05) is 29.3 Å². The van der Waals surface area contributed by atoms with Crippen molar-refractivity contribution in [2.24, 2.45) is 0 Å². The van der Waals surface area contributed by atoms with E-state index < -0.39 is 0 Å². The summed E-state index contributed by atoms with van der Waals surface area (Å²) in [6.07, 6.45) is 5.87. The molecule has 1 aliphatic heterocycles. The van der Waals surface area contributed by atoms with Crippen LogP contribution in [-0.4, -0.2) is 21.5 Å². The minimum absolute atomic E-state index is 0.264. The first-order valence-corrected chi connectivity index (χ1v) is 8.24. The molecule has 22 heavy (non-hydrogen) atoms. The van der Waals surface area contributed by atoms with Crippen molar-refractivity contribution in [2.75, 3.05) is 11.9 Å². The molecule has 2 heterocycles. The van der Waals surface area contributed by atoms with Gasteiger partial charge in [0.2, 0.25) is 0 Å². The number of likely N-dealkylation sites (tertiary alicyclic amines) is 1. The van der Waals surface area contributed by atoms with Gasteiger partial charge < -0.3 is 10.2 Å². The van der Waals surface area contributed by atoms with Gasteiger partial charge in [-0.05, 0) is 54.9 Å². The molecule has 0 saturated carbocycles. The number of aromatic nitrogens is 1. The smallest absolute Gasteiger partial charge is 0.173 e. The van der Waals surface area contributed by atoms with Gasteiger partial charge in [0, 0.05) is 24.0 Å². The molecule has 1 atom stereocenters. The number of hydrogen-bond acceptors (Lipinski definition) is 2. The van der Waals surface area contributed by atoms with Crippen molar-refractivity contribution in [1.29, 1.82) is 0 Å². The molecule has 0 radical (unpaired) electrons. The second-order valence-electron chi connectivity index (χ2n) is 5.19. The normalized spacial score (nSPS) is 17.5. The van der Waals surface area contributed by atoms with Crippen LogP contribution >= 0.6 is 35.4 Å². The van der Waals surface area contributed by atoms with E-state index in [4.69, 9.17) is 35.4 Å². The van der Waals surface area contributed by atoms with Gasteiger partial charge in [-0.15, -0.1) is 0 Å². The van der Waals surface area contributed by atoms with E-state index in [9.17, 15) is 0 Å². The number of halogens is 2. The van der Waals surface area contributed by atoms with E-state index in [-0.39, 0.29) is 6.04 Å². The lowest BCUT2D eigenvalue weighted by molar-refractivity contribution is 0.405. The minimum Gasteiger partial charge on any atom is -0.342 e. The van der Waals surface area contributed by atoms with Gasteiger partial charge in [0.05, 0.1) is 16.8 Å². The molecule has 1 N–H and O–H groups in total. The summed E-state index contributed by atoms with van der Waals surface area (Å²) in [7, 11) is 0. The molecule has 0 unspecified atom stereocenters. The fourth-order valence-corrected chi connectivity index (χ4v) is 3.49. The summed E-state index contributed by atoms with van der Waals surface area (Å²) in [6.45, 7) is 0.927. The molecule has 114 valence electrons. The van der Waals surface area contributed by atoms with Gasteiger partial charge in [0.1, 0.15) is 0 Å². The Morgan fingerprint density at radius 1 is 1.32 bits per heavy atom. The van der Waals surface area contributed by atoms with E-state index in [0.29, 0.717) is 15.2 Å². The first-order valence-electron chi connectivity index (χ1n) is 7.08. The molecule has 0 bridgehead atoms. The van der Waals surface area contributed by atoms with E-state index in [2.05, 4.69) is 21.3 Å². The van der Waals surface area contributed by atoms with Crippen LogP contribution in [0.15, 0.2) is 42.7 Å². The number of rotatable bonds is 2. The zero-order chi connectivity index (χ0) is 15.5. The van der Waals surface area contributed by atoms with Gasteiger partial charge >= 0.3 is 0 Å². The van der Waals surface area contributed by atoms with Crippen molar-refractivity contribution >= 4 is 46.2 Å². The van der Waals surface area contributed by atoms with Gasteiger partial charge in [0.25, 0.3) is 0 Å². The van der Waals surface area contributed by atoms with Crippen LogP contribution in [0.1, 0.15) is 24.4 Å². The van der Waals surface area contributed by atoms with Crippen molar-refractivity contribution in [1.82, 2.24) is 9.88 Å². The third-order valence-corrected chi connectivity index (χ3v) is 4.64. The SMILES string of the molecule is S=C(Nc1ccc(Cl)cc1Cl)N1CCC[C@@H]1c1cccnc1. The molecule has 1 aromatic heterocycles. The maximum atomic E-state index is 6.20. The van der Waals surface area contributed by atoms with Crippen molar-refractivity contribution in [3.8, 4) is 0 Å². The Hall–Kier alpha value is -1.36. The lowest BCUT2D eigenvalue weighted by Gasteiger charge is -2.28. The zero-order valence-electron chi connectivity index (χ0n) is 11.8. The maximum Gasteiger partial charge on any atom is 0.173 e. The molecule has 0 spiro atoms. The number of thiocarbonyl (C=S) groups is 1. The van der Waals surface area contributed by atoms with E-state index in [1.807, 2.05) is 18.3 Å². The molecule has 0 amide bonds. The second kappa shape index (κ2) is 6.82.